The number of anilines is 1. The number of hydrogen-bond donors (Lipinski definition) is 2. The predicted octanol–water partition coefficient (Wildman–Crippen LogP) is 0.331. The third-order valence-electron chi connectivity index (χ3n) is 1.78. The van der Waals surface area contributed by atoms with Crippen molar-refractivity contribution >= 4 is 11.9 Å². The zero-order valence-electron chi connectivity index (χ0n) is 8.53. The third kappa shape index (κ3) is 2.69. The van der Waals surface area contributed by atoms with Gasteiger partial charge in [-0.25, -0.2) is 9.97 Å². The van der Waals surface area contributed by atoms with Crippen LogP contribution in [0, 0.1) is 6.92 Å². The van der Waals surface area contributed by atoms with Crippen molar-refractivity contribution in [3.8, 4) is 0 Å². The largest absolute Gasteiger partial charge is 0.357 e. The minimum Gasteiger partial charge on any atom is -0.357 e. The molecule has 0 bridgehead atoms. The predicted molar refractivity (Wildman–Crippen MR) is 53.9 cm³/mol. The van der Waals surface area contributed by atoms with Crippen LogP contribution in [0.15, 0.2) is 12.3 Å². The van der Waals surface area contributed by atoms with E-state index in [9.17, 15) is 4.79 Å². The van der Waals surface area contributed by atoms with Gasteiger partial charge in [-0.05, 0) is 19.9 Å². The highest BCUT2D eigenvalue weighted by Crippen LogP contribution is 2.00. The van der Waals surface area contributed by atoms with E-state index in [4.69, 9.17) is 0 Å². The van der Waals surface area contributed by atoms with E-state index in [-0.39, 0.29) is 11.9 Å². The number of aryl methyl sites for hydroxylation is 1. The van der Waals surface area contributed by atoms with Gasteiger partial charge in [0.15, 0.2) is 0 Å². The Bertz CT molecular complexity index is 326. The molecule has 1 rings (SSSR count). The van der Waals surface area contributed by atoms with Gasteiger partial charge in [-0.15, -0.1) is 0 Å². The van der Waals surface area contributed by atoms with Crippen LogP contribution in [0.3, 0.4) is 0 Å². The molecule has 1 atom stereocenters. The van der Waals surface area contributed by atoms with Gasteiger partial charge in [0.25, 0.3) is 0 Å². The lowest BCUT2D eigenvalue weighted by atomic mass is 10.3. The van der Waals surface area contributed by atoms with Gasteiger partial charge in [0.05, 0.1) is 0 Å². The molecule has 1 unspecified atom stereocenters. The molecule has 76 valence electrons. The second kappa shape index (κ2) is 4.55. The maximum Gasteiger partial charge on any atom is 0.242 e. The third-order valence-corrected chi connectivity index (χ3v) is 1.78. The Labute approximate surface area is 83.0 Å². The average molecular weight is 194 g/mol. The Kier molecular flexibility index (Phi) is 3.39. The van der Waals surface area contributed by atoms with Crippen LogP contribution < -0.4 is 10.6 Å². The lowest BCUT2D eigenvalue weighted by Crippen LogP contribution is -2.35. The van der Waals surface area contributed by atoms with Crippen LogP contribution in [0.5, 0.6) is 0 Å². The van der Waals surface area contributed by atoms with E-state index in [1.807, 2.05) is 6.92 Å². The maximum atomic E-state index is 11.2. The molecule has 14 heavy (non-hydrogen) atoms. The summed E-state index contributed by atoms with van der Waals surface area (Å²) in [5, 5.41) is 5.44. The Balaban J connectivity index is 2.64. The summed E-state index contributed by atoms with van der Waals surface area (Å²) in [5.41, 5.74) is 0.867. The molecule has 0 saturated carbocycles. The zero-order valence-corrected chi connectivity index (χ0v) is 8.53. The lowest BCUT2D eigenvalue weighted by molar-refractivity contribution is -0.121. The van der Waals surface area contributed by atoms with Gasteiger partial charge in [0, 0.05) is 18.9 Å². The number of nitrogens with zero attached hydrogens (tertiary/aromatic N) is 2. The molecule has 2 N–H and O–H groups in total. The van der Waals surface area contributed by atoms with Gasteiger partial charge in [-0.3, -0.25) is 4.79 Å². The fraction of sp³-hybridized carbons (Fsp3) is 0.444. The number of hydrogen-bond acceptors (Lipinski definition) is 4. The van der Waals surface area contributed by atoms with Crippen LogP contribution in [0.25, 0.3) is 0 Å². The Hall–Kier alpha value is -1.65. The summed E-state index contributed by atoms with van der Waals surface area (Å²) in [6, 6.07) is 1.47. The Morgan fingerprint density at radius 1 is 1.57 bits per heavy atom. The van der Waals surface area contributed by atoms with Crippen molar-refractivity contribution in [1.82, 2.24) is 15.3 Å². The van der Waals surface area contributed by atoms with Gasteiger partial charge in [-0.1, -0.05) is 0 Å². The smallest absolute Gasteiger partial charge is 0.242 e. The van der Waals surface area contributed by atoms with Crippen molar-refractivity contribution < 1.29 is 4.79 Å². The van der Waals surface area contributed by atoms with E-state index in [2.05, 4.69) is 20.6 Å². The molecule has 0 saturated heterocycles. The summed E-state index contributed by atoms with van der Waals surface area (Å²) in [5.74, 6) is 0.385. The zero-order chi connectivity index (χ0) is 10.6. The molecule has 0 aliphatic rings. The standard InChI is InChI=1S/C9H14N4O/c1-6-4-5-11-9(12-6)13-7(2)8(14)10-3/h4-5,7H,1-3H3,(H,10,14)(H,11,12,13). The molecule has 0 aliphatic carbocycles. The van der Waals surface area contributed by atoms with Crippen LogP contribution >= 0.6 is 0 Å². The number of carbonyl (C=O) groups excluding carboxylic acids is 1. The second-order valence-electron chi connectivity index (χ2n) is 3.00. The summed E-state index contributed by atoms with van der Waals surface area (Å²) in [7, 11) is 1.59. The maximum absolute atomic E-state index is 11.2. The quantitative estimate of drug-likeness (QED) is 0.727. The summed E-state index contributed by atoms with van der Waals surface area (Å²) >= 11 is 0. The molecule has 1 aromatic rings. The highest BCUT2D eigenvalue weighted by atomic mass is 16.2. The first-order valence-electron chi connectivity index (χ1n) is 4.41. The Morgan fingerprint density at radius 2 is 2.29 bits per heavy atom. The molecule has 0 aliphatic heterocycles. The molecule has 5 nitrogen and oxygen atoms in total. The molecule has 0 radical (unpaired) electrons. The topological polar surface area (TPSA) is 66.9 Å². The van der Waals surface area contributed by atoms with Crippen LogP contribution in [0.4, 0.5) is 5.95 Å². The van der Waals surface area contributed by atoms with E-state index in [0.29, 0.717) is 5.95 Å². The number of likely N-dealkylation sites (N-methyl/N-ethyl adjacent to an activating group) is 1. The Morgan fingerprint density at radius 3 is 2.86 bits per heavy atom. The van der Waals surface area contributed by atoms with Gasteiger partial charge < -0.3 is 10.6 Å². The minimum absolute atomic E-state index is 0.0879. The molecule has 1 heterocycles. The number of rotatable bonds is 3. The van der Waals surface area contributed by atoms with E-state index in [0.717, 1.165) is 5.69 Å². The first-order valence-corrected chi connectivity index (χ1v) is 4.41. The SMILES string of the molecule is CNC(=O)C(C)Nc1nccc(C)n1. The van der Waals surface area contributed by atoms with E-state index >= 15 is 0 Å². The summed E-state index contributed by atoms with van der Waals surface area (Å²) in [4.78, 5) is 19.3. The first kappa shape index (κ1) is 10.4. The van der Waals surface area contributed by atoms with E-state index in [1.165, 1.54) is 0 Å². The summed E-state index contributed by atoms with van der Waals surface area (Å²) in [6.45, 7) is 3.63. The number of nitrogens with one attached hydrogen (secondary N) is 2. The van der Waals surface area contributed by atoms with Gasteiger partial charge in [-0.2, -0.15) is 0 Å². The molecule has 0 fully saturated rings. The van der Waals surface area contributed by atoms with Crippen LogP contribution in [-0.2, 0) is 4.79 Å². The average Bonchev–Trinajstić information content (AvgIpc) is 2.16. The fourth-order valence-corrected chi connectivity index (χ4v) is 0.994. The summed E-state index contributed by atoms with van der Waals surface area (Å²) in [6.07, 6.45) is 1.65. The van der Waals surface area contributed by atoms with Crippen molar-refractivity contribution in [2.45, 2.75) is 19.9 Å². The van der Waals surface area contributed by atoms with Crippen LogP contribution in [0.2, 0.25) is 0 Å². The molecule has 1 aromatic heterocycles. The van der Waals surface area contributed by atoms with Crippen molar-refractivity contribution in [1.29, 1.82) is 0 Å². The lowest BCUT2D eigenvalue weighted by Gasteiger charge is -2.11. The normalized spacial score (nSPS) is 11.9. The van der Waals surface area contributed by atoms with Crippen molar-refractivity contribution in [2.75, 3.05) is 12.4 Å². The van der Waals surface area contributed by atoms with Gasteiger partial charge >= 0.3 is 0 Å². The van der Waals surface area contributed by atoms with Crippen LogP contribution in [-0.4, -0.2) is 29.0 Å². The molecule has 0 spiro atoms. The van der Waals surface area contributed by atoms with Crippen molar-refractivity contribution in [2.24, 2.45) is 0 Å². The fourth-order valence-electron chi connectivity index (χ4n) is 0.994. The highest BCUT2D eigenvalue weighted by Gasteiger charge is 2.11. The molecule has 0 aromatic carbocycles. The van der Waals surface area contributed by atoms with E-state index < -0.39 is 0 Å². The molecular formula is C9H14N4O. The number of carbonyl (C=O) groups is 1. The van der Waals surface area contributed by atoms with Gasteiger partial charge in [0.2, 0.25) is 11.9 Å². The first-order chi connectivity index (χ1) is 6.63. The number of aromatic nitrogens is 2. The minimum atomic E-state index is -0.332. The summed E-state index contributed by atoms with van der Waals surface area (Å²) < 4.78 is 0. The molecule has 5 heteroatoms. The van der Waals surface area contributed by atoms with Crippen molar-refractivity contribution in [3.05, 3.63) is 18.0 Å². The molecular weight excluding hydrogens is 180 g/mol. The van der Waals surface area contributed by atoms with Crippen molar-refractivity contribution in [3.63, 3.8) is 0 Å². The monoisotopic (exact) mass is 194 g/mol. The second-order valence-corrected chi connectivity index (χ2v) is 3.00. The number of amides is 1. The molecule has 1 amide bonds. The van der Waals surface area contributed by atoms with Crippen LogP contribution in [0.1, 0.15) is 12.6 Å². The van der Waals surface area contributed by atoms with E-state index in [1.54, 1.807) is 26.2 Å². The highest BCUT2D eigenvalue weighted by molar-refractivity contribution is 5.83. The van der Waals surface area contributed by atoms with Gasteiger partial charge in [0.1, 0.15) is 6.04 Å².